The highest BCUT2D eigenvalue weighted by molar-refractivity contribution is 5.35. The zero-order chi connectivity index (χ0) is 15.1. The van der Waals surface area contributed by atoms with Crippen LogP contribution in [-0.2, 0) is 19.5 Å². The van der Waals surface area contributed by atoms with Crippen molar-refractivity contribution in [2.24, 2.45) is 0 Å². The summed E-state index contributed by atoms with van der Waals surface area (Å²) in [6.07, 6.45) is 6.52. The Kier molecular flexibility index (Phi) is 3.00. The van der Waals surface area contributed by atoms with Gasteiger partial charge in [0.25, 0.3) is 0 Å². The molecule has 2 N–H and O–H groups in total. The van der Waals surface area contributed by atoms with E-state index in [0.29, 0.717) is 5.95 Å². The summed E-state index contributed by atoms with van der Waals surface area (Å²) in [6, 6.07) is 1.93. The van der Waals surface area contributed by atoms with Gasteiger partial charge in [-0.2, -0.15) is 0 Å². The normalized spacial score (nSPS) is 15.1. The lowest BCUT2D eigenvalue weighted by atomic mass is 10.1. The van der Waals surface area contributed by atoms with Crippen LogP contribution in [0.4, 0.5) is 5.95 Å². The van der Waals surface area contributed by atoms with Crippen molar-refractivity contribution >= 4 is 11.7 Å². The average molecular weight is 295 g/mol. The maximum absolute atomic E-state index is 5.65. The number of hydrogen-bond donors (Lipinski definition) is 1. The highest BCUT2D eigenvalue weighted by Crippen LogP contribution is 2.20. The van der Waals surface area contributed by atoms with E-state index in [1.807, 2.05) is 25.4 Å². The van der Waals surface area contributed by atoms with Gasteiger partial charge in [-0.3, -0.25) is 9.30 Å². The first-order chi connectivity index (χ1) is 10.7. The number of imidazole rings is 1. The monoisotopic (exact) mass is 295 g/mol. The Morgan fingerprint density at radius 2 is 2.18 bits per heavy atom. The summed E-state index contributed by atoms with van der Waals surface area (Å²) in [5.74, 6) is 1.11. The second kappa shape index (κ2) is 5.03. The van der Waals surface area contributed by atoms with E-state index in [1.165, 1.54) is 5.69 Å². The summed E-state index contributed by atoms with van der Waals surface area (Å²) >= 11 is 0. The molecular weight excluding hydrogens is 278 g/mol. The molecule has 0 amide bonds. The molecule has 3 aromatic rings. The van der Waals surface area contributed by atoms with Crippen LogP contribution in [0.25, 0.3) is 5.78 Å². The smallest absolute Gasteiger partial charge is 0.234 e. The first-order valence-electron chi connectivity index (χ1n) is 7.32. The van der Waals surface area contributed by atoms with Crippen molar-refractivity contribution in [1.29, 1.82) is 0 Å². The fourth-order valence-corrected chi connectivity index (χ4v) is 2.97. The van der Waals surface area contributed by atoms with Gasteiger partial charge in [-0.05, 0) is 13.0 Å². The molecule has 1 aliphatic heterocycles. The Hall–Kier alpha value is -2.54. The molecule has 22 heavy (non-hydrogen) atoms. The number of aryl methyl sites for hydroxylation is 1. The fourth-order valence-electron chi connectivity index (χ4n) is 2.97. The number of nitrogen functional groups attached to an aromatic ring is 1. The minimum Gasteiger partial charge on any atom is -0.368 e. The van der Waals surface area contributed by atoms with Crippen LogP contribution in [0, 0.1) is 6.92 Å². The van der Waals surface area contributed by atoms with Crippen LogP contribution in [0.5, 0.6) is 0 Å². The Labute approximate surface area is 127 Å². The number of rotatable bonds is 2. The van der Waals surface area contributed by atoms with Crippen LogP contribution in [0.3, 0.4) is 0 Å². The zero-order valence-corrected chi connectivity index (χ0v) is 12.4. The van der Waals surface area contributed by atoms with E-state index < -0.39 is 0 Å². The number of hydrogen-bond acceptors (Lipinski definition) is 6. The van der Waals surface area contributed by atoms with Crippen LogP contribution in [0.2, 0.25) is 0 Å². The second-order valence-electron chi connectivity index (χ2n) is 5.59. The molecule has 1 aliphatic rings. The molecule has 4 rings (SSSR count). The van der Waals surface area contributed by atoms with Crippen molar-refractivity contribution in [2.75, 3.05) is 12.3 Å². The number of anilines is 1. The average Bonchev–Trinajstić information content (AvgIpc) is 2.83. The summed E-state index contributed by atoms with van der Waals surface area (Å²) in [7, 11) is 0. The van der Waals surface area contributed by atoms with Crippen molar-refractivity contribution in [3.05, 3.63) is 47.3 Å². The van der Waals surface area contributed by atoms with Crippen LogP contribution in [-0.4, -0.2) is 35.8 Å². The van der Waals surface area contributed by atoms with Gasteiger partial charge in [0.1, 0.15) is 0 Å². The standard InChI is InChI=1S/C15H17N7/c1-10-13(22-5-2-4-17-15(22)19-10)9-21-6-3-12-11(8-21)7-18-14(16)20-12/h2,4-5,7H,3,6,8-9H2,1H3,(H2,16,18,20). The Morgan fingerprint density at radius 1 is 1.27 bits per heavy atom. The van der Waals surface area contributed by atoms with Gasteiger partial charge in [0.05, 0.1) is 17.1 Å². The number of fused-ring (bicyclic) bond motifs is 2. The summed E-state index contributed by atoms with van der Waals surface area (Å²) in [5.41, 5.74) is 10.1. The molecule has 0 aliphatic carbocycles. The molecule has 112 valence electrons. The second-order valence-corrected chi connectivity index (χ2v) is 5.59. The van der Waals surface area contributed by atoms with Gasteiger partial charge in [-0.25, -0.2) is 19.9 Å². The minimum absolute atomic E-state index is 0.357. The Balaban J connectivity index is 1.61. The van der Waals surface area contributed by atoms with Crippen molar-refractivity contribution < 1.29 is 0 Å². The largest absolute Gasteiger partial charge is 0.368 e. The lowest BCUT2D eigenvalue weighted by Crippen LogP contribution is -2.31. The molecule has 7 heteroatoms. The quantitative estimate of drug-likeness (QED) is 0.758. The first kappa shape index (κ1) is 13.1. The molecule has 0 spiro atoms. The third-order valence-electron chi connectivity index (χ3n) is 4.11. The minimum atomic E-state index is 0.357. The van der Waals surface area contributed by atoms with E-state index >= 15 is 0 Å². The predicted molar refractivity (Wildman–Crippen MR) is 82.0 cm³/mol. The van der Waals surface area contributed by atoms with Gasteiger partial charge >= 0.3 is 0 Å². The maximum atomic E-state index is 5.65. The number of nitrogens with two attached hydrogens (primary N) is 1. The van der Waals surface area contributed by atoms with Crippen LogP contribution in [0.1, 0.15) is 22.6 Å². The summed E-state index contributed by atoms with van der Waals surface area (Å²) < 4.78 is 2.06. The third kappa shape index (κ3) is 2.19. The summed E-state index contributed by atoms with van der Waals surface area (Å²) in [4.78, 5) is 19.6. The molecular formula is C15H17N7. The van der Waals surface area contributed by atoms with E-state index in [4.69, 9.17) is 5.73 Å². The number of nitrogens with zero attached hydrogens (tertiary/aromatic N) is 6. The van der Waals surface area contributed by atoms with E-state index in [0.717, 1.165) is 48.8 Å². The molecule has 0 unspecified atom stereocenters. The SMILES string of the molecule is Cc1nc2ncccn2c1CN1CCc2nc(N)ncc2C1. The Morgan fingerprint density at radius 3 is 3.09 bits per heavy atom. The molecule has 3 aromatic heterocycles. The van der Waals surface area contributed by atoms with Crippen molar-refractivity contribution in [3.63, 3.8) is 0 Å². The van der Waals surface area contributed by atoms with Gasteiger partial charge in [-0.15, -0.1) is 0 Å². The van der Waals surface area contributed by atoms with E-state index in [9.17, 15) is 0 Å². The van der Waals surface area contributed by atoms with Crippen LogP contribution < -0.4 is 5.73 Å². The fraction of sp³-hybridized carbons (Fsp3) is 0.333. The molecule has 4 heterocycles. The van der Waals surface area contributed by atoms with Gasteiger partial charge in [0.15, 0.2) is 0 Å². The zero-order valence-electron chi connectivity index (χ0n) is 12.4. The lowest BCUT2D eigenvalue weighted by Gasteiger charge is -2.27. The highest BCUT2D eigenvalue weighted by Gasteiger charge is 2.20. The van der Waals surface area contributed by atoms with Crippen molar-refractivity contribution in [1.82, 2.24) is 29.2 Å². The molecule has 0 saturated heterocycles. The van der Waals surface area contributed by atoms with E-state index in [2.05, 4.69) is 29.2 Å². The molecule has 0 atom stereocenters. The molecule has 0 aromatic carbocycles. The van der Waals surface area contributed by atoms with Crippen molar-refractivity contribution in [3.8, 4) is 0 Å². The maximum Gasteiger partial charge on any atom is 0.234 e. The number of aromatic nitrogens is 5. The predicted octanol–water partition coefficient (Wildman–Crippen LogP) is 0.968. The summed E-state index contributed by atoms with van der Waals surface area (Å²) in [6.45, 7) is 4.66. The van der Waals surface area contributed by atoms with Crippen LogP contribution >= 0.6 is 0 Å². The molecule has 0 radical (unpaired) electrons. The third-order valence-corrected chi connectivity index (χ3v) is 4.11. The van der Waals surface area contributed by atoms with Gasteiger partial charge in [-0.1, -0.05) is 0 Å². The van der Waals surface area contributed by atoms with Gasteiger partial charge in [0, 0.05) is 50.2 Å². The van der Waals surface area contributed by atoms with Crippen LogP contribution in [0.15, 0.2) is 24.7 Å². The highest BCUT2D eigenvalue weighted by atomic mass is 15.2. The van der Waals surface area contributed by atoms with E-state index in [1.54, 1.807) is 6.20 Å². The first-order valence-corrected chi connectivity index (χ1v) is 7.32. The topological polar surface area (TPSA) is 85.2 Å². The molecule has 7 nitrogen and oxygen atoms in total. The molecule has 0 bridgehead atoms. The van der Waals surface area contributed by atoms with Gasteiger partial charge in [0.2, 0.25) is 11.7 Å². The van der Waals surface area contributed by atoms with Gasteiger partial charge < -0.3 is 5.73 Å². The molecule has 0 fully saturated rings. The van der Waals surface area contributed by atoms with Crippen molar-refractivity contribution in [2.45, 2.75) is 26.4 Å². The van der Waals surface area contributed by atoms with E-state index in [-0.39, 0.29) is 0 Å². The molecule has 0 saturated carbocycles. The lowest BCUT2D eigenvalue weighted by molar-refractivity contribution is 0.239. The Bertz CT molecular complexity index is 839. The summed E-state index contributed by atoms with van der Waals surface area (Å²) in [5, 5.41) is 0.